The van der Waals surface area contributed by atoms with Gasteiger partial charge < -0.3 is 20.8 Å². The lowest BCUT2D eigenvalue weighted by Crippen LogP contribution is -2.54. The third-order valence-electron chi connectivity index (χ3n) is 6.28. The lowest BCUT2D eigenvalue weighted by Gasteiger charge is -2.38. The summed E-state index contributed by atoms with van der Waals surface area (Å²) in [5, 5.41) is 24.7. The summed E-state index contributed by atoms with van der Waals surface area (Å²) in [6.45, 7) is 0. The van der Waals surface area contributed by atoms with Gasteiger partial charge in [-0.05, 0) is 59.7 Å². The van der Waals surface area contributed by atoms with Crippen molar-refractivity contribution < 1.29 is 46.1 Å². The first-order chi connectivity index (χ1) is 19.3. The number of phenols is 2. The molecule has 0 aliphatic carbocycles. The Hall–Kier alpha value is -5.00. The summed E-state index contributed by atoms with van der Waals surface area (Å²) in [5.74, 6) is -3.34. The van der Waals surface area contributed by atoms with E-state index in [2.05, 4.69) is 10.6 Å². The van der Waals surface area contributed by atoms with Crippen molar-refractivity contribution in [3.05, 3.63) is 119 Å². The zero-order valence-corrected chi connectivity index (χ0v) is 20.7. The largest absolute Gasteiger partial charge is 0.506 e. The number of alkyl halides is 6. The molecule has 2 amide bonds. The molecule has 4 aromatic carbocycles. The lowest BCUT2D eigenvalue weighted by molar-refractivity contribution is -0.288. The van der Waals surface area contributed by atoms with Gasteiger partial charge in [0.1, 0.15) is 11.5 Å². The van der Waals surface area contributed by atoms with Crippen LogP contribution in [0.3, 0.4) is 0 Å². The zero-order valence-electron chi connectivity index (χ0n) is 20.7. The highest BCUT2D eigenvalue weighted by Crippen LogP contribution is 2.57. The Morgan fingerprint density at radius 2 is 0.878 bits per heavy atom. The van der Waals surface area contributed by atoms with Gasteiger partial charge in [0.2, 0.25) is 5.41 Å². The van der Waals surface area contributed by atoms with Crippen LogP contribution in [0.15, 0.2) is 97.1 Å². The van der Waals surface area contributed by atoms with E-state index in [9.17, 15) is 46.1 Å². The molecule has 4 rings (SSSR count). The normalized spacial score (nSPS) is 12.0. The van der Waals surface area contributed by atoms with Gasteiger partial charge in [-0.3, -0.25) is 9.59 Å². The molecule has 0 aliphatic rings. The second kappa shape index (κ2) is 10.9. The maximum Gasteiger partial charge on any atom is 0.411 e. The molecule has 212 valence electrons. The molecule has 4 N–H and O–H groups in total. The fraction of sp³-hybridized carbons (Fsp3) is 0.103. The molecule has 0 aliphatic heterocycles. The fourth-order valence-corrected chi connectivity index (χ4v) is 4.29. The molecule has 0 spiro atoms. The van der Waals surface area contributed by atoms with Crippen molar-refractivity contribution in [2.24, 2.45) is 0 Å². The average Bonchev–Trinajstić information content (AvgIpc) is 2.92. The minimum absolute atomic E-state index is 0.0348. The molecule has 0 aromatic heterocycles. The number of benzene rings is 4. The number of nitrogens with one attached hydrogen (secondary N) is 2. The Labute approximate surface area is 228 Å². The van der Waals surface area contributed by atoms with Crippen molar-refractivity contribution in [2.75, 3.05) is 10.6 Å². The molecular weight excluding hydrogens is 554 g/mol. The van der Waals surface area contributed by atoms with E-state index in [1.165, 1.54) is 48.5 Å². The van der Waals surface area contributed by atoms with Gasteiger partial charge in [0.15, 0.2) is 0 Å². The molecule has 41 heavy (non-hydrogen) atoms. The summed E-state index contributed by atoms with van der Waals surface area (Å²) in [7, 11) is 0. The molecule has 0 bridgehead atoms. The van der Waals surface area contributed by atoms with Gasteiger partial charge in [-0.15, -0.1) is 0 Å². The van der Waals surface area contributed by atoms with Crippen molar-refractivity contribution >= 4 is 23.2 Å². The Bertz CT molecular complexity index is 1450. The first kappa shape index (κ1) is 29.0. The molecule has 0 saturated heterocycles. The molecule has 0 fully saturated rings. The summed E-state index contributed by atoms with van der Waals surface area (Å²) in [6.07, 6.45) is -12.1. The number of carbonyl (C=O) groups excluding carboxylic acids is 2. The number of aromatic hydroxyl groups is 2. The molecule has 0 saturated carbocycles. The standard InChI is InChI=1S/C29H20F6N2O4/c30-28(31,32)27(29(33,34)35,19-11-13-23(38)21(15-19)36-25(40)17-7-3-1-4-8-17)20-12-14-24(39)22(16-20)37-26(41)18-9-5-2-6-10-18/h1-16,38-39H,(H,36,40)(H,37,41). The fourth-order valence-electron chi connectivity index (χ4n) is 4.29. The Balaban J connectivity index is 1.87. The second-order valence-corrected chi connectivity index (χ2v) is 8.85. The number of hydrogen-bond donors (Lipinski definition) is 4. The Morgan fingerprint density at radius 1 is 0.537 bits per heavy atom. The summed E-state index contributed by atoms with van der Waals surface area (Å²) < 4.78 is 88.5. The predicted octanol–water partition coefficient (Wildman–Crippen LogP) is 7.01. The summed E-state index contributed by atoms with van der Waals surface area (Å²) in [4.78, 5) is 25.1. The predicted molar refractivity (Wildman–Crippen MR) is 138 cm³/mol. The van der Waals surface area contributed by atoms with E-state index in [0.717, 1.165) is 0 Å². The molecule has 0 heterocycles. The smallest absolute Gasteiger partial charge is 0.411 e. The van der Waals surface area contributed by atoms with Crippen LogP contribution < -0.4 is 10.6 Å². The number of amides is 2. The van der Waals surface area contributed by atoms with Crippen LogP contribution in [0, 0.1) is 0 Å². The van der Waals surface area contributed by atoms with Crippen molar-refractivity contribution in [3.63, 3.8) is 0 Å². The van der Waals surface area contributed by atoms with Gasteiger partial charge in [0.05, 0.1) is 11.4 Å². The first-order valence-corrected chi connectivity index (χ1v) is 11.8. The highest BCUT2D eigenvalue weighted by atomic mass is 19.4. The Kier molecular flexibility index (Phi) is 7.69. The number of rotatable bonds is 6. The summed E-state index contributed by atoms with van der Waals surface area (Å²) >= 11 is 0. The third-order valence-corrected chi connectivity index (χ3v) is 6.28. The van der Waals surface area contributed by atoms with Crippen LogP contribution in [-0.2, 0) is 5.41 Å². The Morgan fingerprint density at radius 3 is 1.20 bits per heavy atom. The molecule has 0 atom stereocenters. The molecule has 0 radical (unpaired) electrons. The van der Waals surface area contributed by atoms with Gasteiger partial charge in [-0.25, -0.2) is 0 Å². The summed E-state index contributed by atoms with van der Waals surface area (Å²) in [5.41, 5.74) is -8.81. The molecular formula is C29H20F6N2O4. The van der Waals surface area contributed by atoms with Crippen molar-refractivity contribution in [1.29, 1.82) is 0 Å². The molecule has 0 unspecified atom stereocenters. The monoisotopic (exact) mass is 574 g/mol. The van der Waals surface area contributed by atoms with Crippen LogP contribution in [0.5, 0.6) is 11.5 Å². The third kappa shape index (κ3) is 5.53. The van der Waals surface area contributed by atoms with Gasteiger partial charge in [-0.2, -0.15) is 26.3 Å². The van der Waals surface area contributed by atoms with Crippen molar-refractivity contribution in [2.45, 2.75) is 17.8 Å². The van der Waals surface area contributed by atoms with E-state index < -0.39 is 63.6 Å². The van der Waals surface area contributed by atoms with Gasteiger partial charge in [0, 0.05) is 11.1 Å². The SMILES string of the molecule is O=C(Nc1cc(C(c2ccc(O)c(NC(=O)c3ccccc3)c2)(C(F)(F)F)C(F)(F)F)ccc1O)c1ccccc1. The van der Waals surface area contributed by atoms with Crippen LogP contribution in [0.1, 0.15) is 31.8 Å². The van der Waals surface area contributed by atoms with E-state index in [0.29, 0.717) is 36.4 Å². The number of anilines is 2. The molecule has 6 nitrogen and oxygen atoms in total. The number of phenolic OH excluding ortho intramolecular Hbond substituents is 2. The van der Waals surface area contributed by atoms with Gasteiger partial charge in [-0.1, -0.05) is 48.5 Å². The van der Waals surface area contributed by atoms with E-state index in [-0.39, 0.29) is 11.1 Å². The highest BCUT2D eigenvalue weighted by molar-refractivity contribution is 6.05. The lowest BCUT2D eigenvalue weighted by atomic mass is 9.72. The van der Waals surface area contributed by atoms with Crippen molar-refractivity contribution in [1.82, 2.24) is 0 Å². The number of carbonyl (C=O) groups is 2. The second-order valence-electron chi connectivity index (χ2n) is 8.85. The quantitative estimate of drug-likeness (QED) is 0.147. The topological polar surface area (TPSA) is 98.7 Å². The van der Waals surface area contributed by atoms with Gasteiger partial charge >= 0.3 is 12.4 Å². The zero-order chi connectivity index (χ0) is 30.0. The maximum atomic E-state index is 14.7. The van der Waals surface area contributed by atoms with Crippen LogP contribution in [0.2, 0.25) is 0 Å². The van der Waals surface area contributed by atoms with Crippen LogP contribution in [0.25, 0.3) is 0 Å². The van der Waals surface area contributed by atoms with Crippen molar-refractivity contribution in [3.8, 4) is 11.5 Å². The van der Waals surface area contributed by atoms with Crippen LogP contribution >= 0.6 is 0 Å². The van der Waals surface area contributed by atoms with Crippen LogP contribution in [0.4, 0.5) is 37.7 Å². The first-order valence-electron chi connectivity index (χ1n) is 11.8. The highest BCUT2D eigenvalue weighted by Gasteiger charge is 2.72. The average molecular weight is 574 g/mol. The maximum absolute atomic E-state index is 14.7. The minimum atomic E-state index is -6.03. The minimum Gasteiger partial charge on any atom is -0.506 e. The number of halogens is 6. The van der Waals surface area contributed by atoms with Gasteiger partial charge in [0.25, 0.3) is 11.8 Å². The van der Waals surface area contributed by atoms with E-state index in [1.807, 2.05) is 0 Å². The van der Waals surface area contributed by atoms with E-state index in [1.54, 1.807) is 12.1 Å². The molecule has 12 heteroatoms. The number of hydrogen-bond acceptors (Lipinski definition) is 4. The van der Waals surface area contributed by atoms with Crippen LogP contribution in [-0.4, -0.2) is 34.4 Å². The summed E-state index contributed by atoms with van der Waals surface area (Å²) in [6, 6.07) is 17.4. The molecule has 4 aromatic rings. The van der Waals surface area contributed by atoms with E-state index in [4.69, 9.17) is 0 Å². The van der Waals surface area contributed by atoms with E-state index >= 15 is 0 Å².